The van der Waals surface area contributed by atoms with Crippen LogP contribution in [0.3, 0.4) is 0 Å². The Kier molecular flexibility index (Phi) is 4.04. The molecule has 0 radical (unpaired) electrons. The summed E-state index contributed by atoms with van der Waals surface area (Å²) in [6.45, 7) is 0.753. The van der Waals surface area contributed by atoms with Crippen LogP contribution in [0.5, 0.6) is 11.5 Å². The van der Waals surface area contributed by atoms with E-state index in [4.69, 9.17) is 9.47 Å². The zero-order chi connectivity index (χ0) is 15.5. The first-order valence-corrected chi connectivity index (χ1v) is 7.41. The molecule has 116 valence electrons. The van der Waals surface area contributed by atoms with E-state index in [9.17, 15) is 4.79 Å². The van der Waals surface area contributed by atoms with E-state index in [-0.39, 0.29) is 11.9 Å². The van der Waals surface area contributed by atoms with Gasteiger partial charge in [-0.2, -0.15) is 0 Å². The summed E-state index contributed by atoms with van der Waals surface area (Å²) in [5.74, 6) is 1.59. The molecule has 5 heteroatoms. The second kappa shape index (κ2) is 6.13. The normalized spacial score (nSPS) is 17.5. The molecule has 0 bridgehead atoms. The van der Waals surface area contributed by atoms with Crippen LogP contribution in [-0.4, -0.2) is 36.6 Å². The van der Waals surface area contributed by atoms with Gasteiger partial charge >= 0.3 is 0 Å². The molecular formula is C17H20N2O3. The number of H-pyrrole nitrogens is 1. The van der Waals surface area contributed by atoms with Gasteiger partial charge in [-0.1, -0.05) is 0 Å². The number of likely N-dealkylation sites (tertiary alicyclic amines) is 1. The molecule has 1 aromatic heterocycles. The lowest BCUT2D eigenvalue weighted by Gasteiger charge is -2.26. The van der Waals surface area contributed by atoms with Gasteiger partial charge in [0.2, 0.25) is 0 Å². The van der Waals surface area contributed by atoms with Crippen LogP contribution >= 0.6 is 0 Å². The third kappa shape index (κ3) is 2.54. The highest BCUT2D eigenvalue weighted by atomic mass is 16.5. The van der Waals surface area contributed by atoms with E-state index in [1.54, 1.807) is 26.5 Å². The number of benzene rings is 1. The number of carbonyl (C=O) groups is 1. The zero-order valence-electron chi connectivity index (χ0n) is 12.8. The number of aromatic amines is 1. The molecule has 1 fully saturated rings. The fraction of sp³-hybridized carbons (Fsp3) is 0.353. The Morgan fingerprint density at radius 1 is 1.27 bits per heavy atom. The van der Waals surface area contributed by atoms with Crippen molar-refractivity contribution in [2.24, 2.45) is 0 Å². The van der Waals surface area contributed by atoms with Gasteiger partial charge in [0.25, 0.3) is 5.91 Å². The van der Waals surface area contributed by atoms with Crippen molar-refractivity contribution >= 4 is 5.91 Å². The van der Waals surface area contributed by atoms with Crippen LogP contribution in [0, 0.1) is 0 Å². The summed E-state index contributed by atoms with van der Waals surface area (Å²) in [6.07, 6.45) is 3.68. The number of carbonyl (C=O) groups excluding carboxylic acids is 1. The summed E-state index contributed by atoms with van der Waals surface area (Å²) < 4.78 is 10.8. The van der Waals surface area contributed by atoms with Crippen molar-refractivity contribution in [2.45, 2.75) is 18.9 Å². The standard InChI is InChI=1S/C17H20N2O3/c1-21-12-7-8-16(22-2)13(11-12)15-6-4-10-19(15)17(20)14-5-3-9-18-14/h3,5,7-9,11,15,18H,4,6,10H2,1-2H3. The number of aromatic nitrogens is 1. The van der Waals surface area contributed by atoms with E-state index in [0.717, 1.165) is 36.4 Å². The van der Waals surface area contributed by atoms with Gasteiger partial charge in [0.15, 0.2) is 0 Å². The summed E-state index contributed by atoms with van der Waals surface area (Å²) in [5.41, 5.74) is 1.62. The number of nitrogens with one attached hydrogen (secondary N) is 1. The molecule has 1 saturated heterocycles. The van der Waals surface area contributed by atoms with Gasteiger partial charge in [-0.25, -0.2) is 0 Å². The Labute approximate surface area is 129 Å². The molecule has 2 aromatic rings. The van der Waals surface area contributed by atoms with Crippen molar-refractivity contribution in [3.05, 3.63) is 47.8 Å². The molecule has 1 aliphatic rings. The highest BCUT2D eigenvalue weighted by Crippen LogP contribution is 2.39. The van der Waals surface area contributed by atoms with E-state index in [1.807, 2.05) is 29.2 Å². The smallest absolute Gasteiger partial charge is 0.270 e. The summed E-state index contributed by atoms with van der Waals surface area (Å²) in [5, 5.41) is 0. The average molecular weight is 300 g/mol. The van der Waals surface area contributed by atoms with Gasteiger partial charge in [0.05, 0.1) is 20.3 Å². The minimum atomic E-state index is 0.0147. The van der Waals surface area contributed by atoms with Gasteiger partial charge in [0.1, 0.15) is 17.2 Å². The van der Waals surface area contributed by atoms with Crippen molar-refractivity contribution in [2.75, 3.05) is 20.8 Å². The van der Waals surface area contributed by atoms with Crippen LogP contribution in [0.1, 0.15) is 34.9 Å². The monoisotopic (exact) mass is 300 g/mol. The first-order chi connectivity index (χ1) is 10.7. The maximum Gasteiger partial charge on any atom is 0.270 e. The number of amides is 1. The van der Waals surface area contributed by atoms with Gasteiger partial charge in [0, 0.05) is 18.3 Å². The lowest BCUT2D eigenvalue weighted by atomic mass is 10.0. The van der Waals surface area contributed by atoms with Gasteiger partial charge < -0.3 is 19.4 Å². The quantitative estimate of drug-likeness (QED) is 0.944. The summed E-state index contributed by atoms with van der Waals surface area (Å²) in [4.78, 5) is 17.6. The number of methoxy groups -OCH3 is 2. The van der Waals surface area contributed by atoms with E-state index in [2.05, 4.69) is 4.98 Å². The molecule has 0 spiro atoms. The lowest BCUT2D eigenvalue weighted by Crippen LogP contribution is -2.31. The fourth-order valence-corrected chi connectivity index (χ4v) is 3.05. The maximum absolute atomic E-state index is 12.7. The molecule has 3 rings (SSSR count). The molecule has 1 aromatic carbocycles. The maximum atomic E-state index is 12.7. The third-order valence-electron chi connectivity index (χ3n) is 4.14. The number of rotatable bonds is 4. The van der Waals surface area contributed by atoms with Crippen LogP contribution < -0.4 is 9.47 Å². The lowest BCUT2D eigenvalue weighted by molar-refractivity contribution is 0.0728. The van der Waals surface area contributed by atoms with E-state index < -0.39 is 0 Å². The first-order valence-electron chi connectivity index (χ1n) is 7.41. The van der Waals surface area contributed by atoms with E-state index in [0.29, 0.717) is 5.69 Å². The van der Waals surface area contributed by atoms with Crippen LogP contribution in [0.2, 0.25) is 0 Å². The van der Waals surface area contributed by atoms with Gasteiger partial charge in [-0.05, 0) is 43.2 Å². The van der Waals surface area contributed by atoms with Gasteiger partial charge in [-0.3, -0.25) is 4.79 Å². The highest BCUT2D eigenvalue weighted by molar-refractivity contribution is 5.93. The summed E-state index contributed by atoms with van der Waals surface area (Å²) in [6, 6.07) is 9.38. The molecule has 5 nitrogen and oxygen atoms in total. The third-order valence-corrected chi connectivity index (χ3v) is 4.14. The Hall–Kier alpha value is -2.43. The van der Waals surface area contributed by atoms with Crippen LogP contribution in [0.4, 0.5) is 0 Å². The molecule has 1 aliphatic heterocycles. The molecule has 1 N–H and O–H groups in total. The molecule has 1 unspecified atom stereocenters. The average Bonchev–Trinajstić information content (AvgIpc) is 3.24. The van der Waals surface area contributed by atoms with Crippen LogP contribution in [0.15, 0.2) is 36.5 Å². The van der Waals surface area contributed by atoms with E-state index in [1.165, 1.54) is 0 Å². The minimum absolute atomic E-state index is 0.0147. The molecule has 2 heterocycles. The number of ether oxygens (including phenoxy) is 2. The molecule has 0 saturated carbocycles. The summed E-state index contributed by atoms with van der Waals surface area (Å²) in [7, 11) is 3.29. The second-order valence-corrected chi connectivity index (χ2v) is 5.35. The predicted molar refractivity (Wildman–Crippen MR) is 83.4 cm³/mol. The Bertz CT molecular complexity index is 652. The van der Waals surface area contributed by atoms with Crippen LogP contribution in [-0.2, 0) is 0 Å². The molecule has 22 heavy (non-hydrogen) atoms. The fourth-order valence-electron chi connectivity index (χ4n) is 3.05. The largest absolute Gasteiger partial charge is 0.497 e. The van der Waals surface area contributed by atoms with Crippen molar-refractivity contribution in [3.63, 3.8) is 0 Å². The minimum Gasteiger partial charge on any atom is -0.497 e. The Morgan fingerprint density at radius 3 is 2.82 bits per heavy atom. The topological polar surface area (TPSA) is 54.6 Å². The van der Waals surface area contributed by atoms with Gasteiger partial charge in [-0.15, -0.1) is 0 Å². The van der Waals surface area contributed by atoms with E-state index >= 15 is 0 Å². The van der Waals surface area contributed by atoms with Crippen molar-refractivity contribution in [3.8, 4) is 11.5 Å². The van der Waals surface area contributed by atoms with Crippen molar-refractivity contribution < 1.29 is 14.3 Å². The predicted octanol–water partition coefficient (Wildman–Crippen LogP) is 3.01. The highest BCUT2D eigenvalue weighted by Gasteiger charge is 2.33. The number of nitrogens with zero attached hydrogens (tertiary/aromatic N) is 1. The second-order valence-electron chi connectivity index (χ2n) is 5.35. The van der Waals surface area contributed by atoms with Crippen molar-refractivity contribution in [1.82, 2.24) is 9.88 Å². The molecule has 1 amide bonds. The zero-order valence-corrected chi connectivity index (χ0v) is 12.8. The summed E-state index contributed by atoms with van der Waals surface area (Å²) >= 11 is 0. The van der Waals surface area contributed by atoms with Crippen LogP contribution in [0.25, 0.3) is 0 Å². The molecule has 1 atom stereocenters. The Morgan fingerprint density at radius 2 is 2.14 bits per heavy atom. The molecule has 0 aliphatic carbocycles. The first kappa shape index (κ1) is 14.5. The number of hydrogen-bond acceptors (Lipinski definition) is 3. The van der Waals surface area contributed by atoms with Crippen molar-refractivity contribution in [1.29, 1.82) is 0 Å². The Balaban J connectivity index is 1.94. The SMILES string of the molecule is COc1ccc(OC)c(C2CCCN2C(=O)c2ccc[nH]2)c1. The molecular weight excluding hydrogens is 280 g/mol. The number of hydrogen-bond donors (Lipinski definition) is 1.